The second-order valence-corrected chi connectivity index (χ2v) is 7.61. The molecule has 0 aliphatic carbocycles. The minimum absolute atomic E-state index is 0.395. The van der Waals surface area contributed by atoms with Crippen molar-refractivity contribution in [2.45, 2.75) is 71.6 Å². The van der Waals surface area contributed by atoms with Gasteiger partial charge in [0.1, 0.15) is 0 Å². The van der Waals surface area contributed by atoms with E-state index in [2.05, 4.69) is 37.9 Å². The topological polar surface area (TPSA) is 24.5 Å². The Bertz CT molecular complexity index is 270. The van der Waals surface area contributed by atoms with E-state index in [1.807, 2.05) is 0 Å². The van der Waals surface area contributed by atoms with Crippen molar-refractivity contribution < 1.29 is 4.74 Å². The Balaban J connectivity index is 1.73. The van der Waals surface area contributed by atoms with Gasteiger partial charge in [0, 0.05) is 25.2 Å². The molecule has 0 saturated carbocycles. The van der Waals surface area contributed by atoms with Gasteiger partial charge in [0.05, 0.1) is 12.7 Å². The summed E-state index contributed by atoms with van der Waals surface area (Å²) in [6, 6.07) is 1.36. The average molecular weight is 282 g/mol. The highest BCUT2D eigenvalue weighted by Gasteiger charge is 2.32. The Morgan fingerprint density at radius 1 is 1.15 bits per heavy atom. The van der Waals surface area contributed by atoms with Gasteiger partial charge in [0.2, 0.25) is 0 Å². The lowest BCUT2D eigenvalue weighted by molar-refractivity contribution is -0.0482. The molecule has 3 heteroatoms. The molecule has 2 heterocycles. The predicted molar refractivity (Wildman–Crippen MR) is 85.0 cm³/mol. The summed E-state index contributed by atoms with van der Waals surface area (Å²) in [5, 5.41) is 3.78. The van der Waals surface area contributed by atoms with Gasteiger partial charge in [-0.3, -0.25) is 4.90 Å². The summed E-state index contributed by atoms with van der Waals surface area (Å²) in [7, 11) is 0. The monoisotopic (exact) mass is 282 g/mol. The highest BCUT2D eigenvalue weighted by atomic mass is 16.5. The maximum Gasteiger partial charge on any atom is 0.0827 e. The van der Waals surface area contributed by atoms with Gasteiger partial charge in [0.15, 0.2) is 0 Å². The number of rotatable bonds is 7. The van der Waals surface area contributed by atoms with Crippen LogP contribution in [0.15, 0.2) is 0 Å². The van der Waals surface area contributed by atoms with Crippen LogP contribution in [-0.2, 0) is 4.74 Å². The normalized spacial score (nSPS) is 27.8. The number of hydrogen-bond acceptors (Lipinski definition) is 3. The van der Waals surface area contributed by atoms with Crippen LogP contribution in [0.5, 0.6) is 0 Å². The molecule has 1 N–H and O–H groups in total. The lowest BCUT2D eigenvalue weighted by Crippen LogP contribution is -2.50. The zero-order chi connectivity index (χ0) is 14.5. The lowest BCUT2D eigenvalue weighted by atomic mass is 9.95. The summed E-state index contributed by atoms with van der Waals surface area (Å²) in [6.45, 7) is 13.7. The zero-order valence-electron chi connectivity index (χ0n) is 13.9. The summed E-state index contributed by atoms with van der Waals surface area (Å²) >= 11 is 0. The Morgan fingerprint density at radius 2 is 1.85 bits per heavy atom. The predicted octanol–water partition coefficient (Wildman–Crippen LogP) is 2.90. The smallest absolute Gasteiger partial charge is 0.0827 e. The standard InChI is InChI=1S/C17H34N2O/c1-13(2)8-15(9-14(3)4)18-10-17-11-19-7-5-6-16(19)12-20-17/h13-18H,5-12H2,1-4H3. The lowest BCUT2D eigenvalue weighted by Gasteiger charge is -2.36. The van der Waals surface area contributed by atoms with E-state index >= 15 is 0 Å². The number of nitrogens with one attached hydrogen (secondary N) is 1. The highest BCUT2D eigenvalue weighted by Crippen LogP contribution is 2.22. The van der Waals surface area contributed by atoms with Gasteiger partial charge in [-0.25, -0.2) is 0 Å². The number of fused-ring (bicyclic) bond motifs is 1. The van der Waals surface area contributed by atoms with E-state index in [-0.39, 0.29) is 0 Å². The van der Waals surface area contributed by atoms with Crippen LogP contribution in [-0.4, -0.2) is 49.3 Å². The number of ether oxygens (including phenoxy) is 1. The summed E-state index contributed by atoms with van der Waals surface area (Å²) < 4.78 is 6.05. The summed E-state index contributed by atoms with van der Waals surface area (Å²) in [5.74, 6) is 1.53. The molecule has 2 saturated heterocycles. The first kappa shape index (κ1) is 16.3. The second-order valence-electron chi connectivity index (χ2n) is 7.61. The van der Waals surface area contributed by atoms with Crippen LogP contribution in [0, 0.1) is 11.8 Å². The van der Waals surface area contributed by atoms with E-state index in [4.69, 9.17) is 4.74 Å². The van der Waals surface area contributed by atoms with Crippen molar-refractivity contribution >= 4 is 0 Å². The van der Waals surface area contributed by atoms with Crippen LogP contribution >= 0.6 is 0 Å². The Kier molecular flexibility index (Phi) is 6.31. The van der Waals surface area contributed by atoms with Crippen LogP contribution in [0.3, 0.4) is 0 Å². The van der Waals surface area contributed by atoms with Gasteiger partial charge in [-0.15, -0.1) is 0 Å². The molecule has 0 aromatic rings. The third-order valence-corrected chi connectivity index (χ3v) is 4.61. The number of nitrogens with zero attached hydrogens (tertiary/aromatic N) is 1. The maximum atomic E-state index is 6.05. The van der Waals surface area contributed by atoms with Crippen molar-refractivity contribution in [1.82, 2.24) is 10.2 Å². The van der Waals surface area contributed by atoms with Crippen LogP contribution in [0.4, 0.5) is 0 Å². The molecule has 2 atom stereocenters. The van der Waals surface area contributed by atoms with Gasteiger partial charge < -0.3 is 10.1 Å². The van der Waals surface area contributed by atoms with E-state index in [1.54, 1.807) is 0 Å². The average Bonchev–Trinajstić information content (AvgIpc) is 2.81. The molecule has 0 aromatic heterocycles. The number of morpholine rings is 1. The molecule has 0 amide bonds. The second kappa shape index (κ2) is 7.77. The number of hydrogen-bond donors (Lipinski definition) is 1. The first-order valence-electron chi connectivity index (χ1n) is 8.63. The van der Waals surface area contributed by atoms with E-state index in [1.165, 1.54) is 32.2 Å². The van der Waals surface area contributed by atoms with Crippen LogP contribution in [0.2, 0.25) is 0 Å². The molecule has 3 nitrogen and oxygen atoms in total. The SMILES string of the molecule is CC(C)CC(CC(C)C)NCC1CN2CCCC2CO1. The molecule has 20 heavy (non-hydrogen) atoms. The van der Waals surface area contributed by atoms with Crippen molar-refractivity contribution in [1.29, 1.82) is 0 Å². The van der Waals surface area contributed by atoms with Gasteiger partial charge >= 0.3 is 0 Å². The Labute approximate surface area is 125 Å². The van der Waals surface area contributed by atoms with Gasteiger partial charge in [-0.1, -0.05) is 27.7 Å². The molecule has 0 spiro atoms. The third-order valence-electron chi connectivity index (χ3n) is 4.61. The molecule has 2 aliphatic rings. The molecule has 0 bridgehead atoms. The minimum atomic E-state index is 0.395. The van der Waals surface area contributed by atoms with Crippen LogP contribution < -0.4 is 5.32 Å². The first-order valence-corrected chi connectivity index (χ1v) is 8.63. The molecule has 2 unspecified atom stereocenters. The highest BCUT2D eigenvalue weighted by molar-refractivity contribution is 4.86. The fourth-order valence-corrected chi connectivity index (χ4v) is 3.71. The van der Waals surface area contributed by atoms with Gasteiger partial charge in [-0.05, 0) is 44.1 Å². The first-order chi connectivity index (χ1) is 9.54. The fourth-order valence-electron chi connectivity index (χ4n) is 3.71. The van der Waals surface area contributed by atoms with Crippen LogP contribution in [0.25, 0.3) is 0 Å². The quantitative estimate of drug-likeness (QED) is 0.777. The van der Waals surface area contributed by atoms with Gasteiger partial charge in [0.25, 0.3) is 0 Å². The molecular formula is C17H34N2O. The molecule has 0 aromatic carbocycles. The third kappa shape index (κ3) is 5.01. The molecule has 118 valence electrons. The van der Waals surface area contributed by atoms with Gasteiger partial charge in [-0.2, -0.15) is 0 Å². The van der Waals surface area contributed by atoms with Crippen molar-refractivity contribution in [2.75, 3.05) is 26.2 Å². The van der Waals surface area contributed by atoms with E-state index in [0.29, 0.717) is 18.2 Å². The Hall–Kier alpha value is -0.120. The molecule has 2 rings (SSSR count). The largest absolute Gasteiger partial charge is 0.374 e. The Morgan fingerprint density at radius 3 is 2.50 bits per heavy atom. The molecule has 2 fully saturated rings. The molecule has 0 radical (unpaired) electrons. The van der Waals surface area contributed by atoms with Crippen molar-refractivity contribution in [2.24, 2.45) is 11.8 Å². The molecular weight excluding hydrogens is 248 g/mol. The minimum Gasteiger partial charge on any atom is -0.374 e. The summed E-state index contributed by atoms with van der Waals surface area (Å²) in [6.07, 6.45) is 5.64. The van der Waals surface area contributed by atoms with E-state index in [0.717, 1.165) is 31.5 Å². The van der Waals surface area contributed by atoms with E-state index in [9.17, 15) is 0 Å². The summed E-state index contributed by atoms with van der Waals surface area (Å²) in [5.41, 5.74) is 0. The zero-order valence-corrected chi connectivity index (χ0v) is 13.9. The van der Waals surface area contributed by atoms with Crippen LogP contribution in [0.1, 0.15) is 53.4 Å². The van der Waals surface area contributed by atoms with Crippen molar-refractivity contribution in [3.05, 3.63) is 0 Å². The fraction of sp³-hybridized carbons (Fsp3) is 1.00. The molecule has 2 aliphatic heterocycles. The van der Waals surface area contributed by atoms with Crippen molar-refractivity contribution in [3.8, 4) is 0 Å². The van der Waals surface area contributed by atoms with E-state index < -0.39 is 0 Å². The van der Waals surface area contributed by atoms with Crippen molar-refractivity contribution in [3.63, 3.8) is 0 Å². The maximum absolute atomic E-state index is 6.05. The summed E-state index contributed by atoms with van der Waals surface area (Å²) in [4.78, 5) is 2.63.